The lowest BCUT2D eigenvalue weighted by atomic mass is 9.66. The molecule has 1 unspecified atom stereocenters. The monoisotopic (exact) mass is 363 g/mol. The van der Waals surface area contributed by atoms with Gasteiger partial charge in [0.05, 0.1) is 28.8 Å². The van der Waals surface area contributed by atoms with Crippen LogP contribution in [0.5, 0.6) is 0 Å². The normalized spacial score (nSPS) is 16.4. The van der Waals surface area contributed by atoms with Crippen molar-refractivity contribution in [3.8, 4) is 0 Å². The smallest absolute Gasteiger partial charge is 0.310 e. The zero-order chi connectivity index (χ0) is 18.9. The molecule has 0 radical (unpaired) electrons. The van der Waals surface area contributed by atoms with Crippen LogP contribution < -0.4 is 5.32 Å². The molecule has 1 aliphatic carbocycles. The number of H-pyrrole nitrogens is 1. The van der Waals surface area contributed by atoms with Crippen LogP contribution in [0.3, 0.4) is 0 Å². The van der Waals surface area contributed by atoms with E-state index in [2.05, 4.69) is 15.3 Å². The highest BCUT2D eigenvalue weighted by molar-refractivity contribution is 5.86. The first-order valence-electron chi connectivity index (χ1n) is 9.08. The van der Waals surface area contributed by atoms with Gasteiger partial charge >= 0.3 is 5.97 Å². The molecule has 1 fully saturated rings. The van der Waals surface area contributed by atoms with Crippen molar-refractivity contribution in [2.24, 2.45) is 5.41 Å². The number of aromatic amines is 1. The van der Waals surface area contributed by atoms with E-state index in [0.717, 1.165) is 28.6 Å². The Balaban J connectivity index is 1.62. The van der Waals surface area contributed by atoms with E-state index in [0.29, 0.717) is 12.8 Å². The molecule has 0 aliphatic heterocycles. The van der Waals surface area contributed by atoms with E-state index < -0.39 is 11.4 Å². The largest absolute Gasteiger partial charge is 0.481 e. The van der Waals surface area contributed by atoms with Crippen LogP contribution >= 0.6 is 0 Å². The van der Waals surface area contributed by atoms with Gasteiger partial charge in [-0.05, 0) is 36.1 Å². The van der Waals surface area contributed by atoms with E-state index >= 15 is 0 Å². The van der Waals surface area contributed by atoms with E-state index in [1.165, 1.54) is 0 Å². The first kappa shape index (κ1) is 17.3. The quantitative estimate of drug-likeness (QED) is 0.625. The molecule has 0 spiro atoms. The zero-order valence-corrected chi connectivity index (χ0v) is 14.8. The van der Waals surface area contributed by atoms with Gasteiger partial charge in [0.2, 0.25) is 5.91 Å². The van der Waals surface area contributed by atoms with Gasteiger partial charge in [-0.15, -0.1) is 0 Å². The minimum atomic E-state index is -0.904. The van der Waals surface area contributed by atoms with E-state index in [-0.39, 0.29) is 18.4 Å². The van der Waals surface area contributed by atoms with E-state index in [1.54, 1.807) is 6.33 Å². The maximum absolute atomic E-state index is 12.7. The first-order valence-corrected chi connectivity index (χ1v) is 9.08. The molecule has 4 rings (SSSR count). The van der Waals surface area contributed by atoms with Gasteiger partial charge in [0.15, 0.2) is 0 Å². The summed E-state index contributed by atoms with van der Waals surface area (Å²) < 4.78 is 0. The molecular weight excluding hydrogens is 342 g/mol. The Bertz CT molecular complexity index is 977. The number of benzene rings is 2. The molecule has 138 valence electrons. The van der Waals surface area contributed by atoms with Crippen LogP contribution in [-0.4, -0.2) is 27.0 Å². The van der Waals surface area contributed by atoms with Crippen LogP contribution in [0, 0.1) is 5.41 Å². The SMILES string of the molecule is O=C(CC1(C(=O)O)CCC1)NC(c1ccccc1)c1ccc2nc[nH]c2c1. The van der Waals surface area contributed by atoms with Gasteiger partial charge < -0.3 is 15.4 Å². The van der Waals surface area contributed by atoms with Gasteiger partial charge in [0.1, 0.15) is 0 Å². The van der Waals surface area contributed by atoms with E-state index in [4.69, 9.17) is 0 Å². The van der Waals surface area contributed by atoms with Crippen LogP contribution in [-0.2, 0) is 9.59 Å². The number of hydrogen-bond donors (Lipinski definition) is 3. The van der Waals surface area contributed by atoms with Crippen LogP contribution in [0.15, 0.2) is 54.9 Å². The number of aromatic nitrogens is 2. The number of carbonyl (C=O) groups is 2. The number of carbonyl (C=O) groups excluding carboxylic acids is 1. The number of carboxylic acids is 1. The van der Waals surface area contributed by atoms with E-state index in [9.17, 15) is 14.7 Å². The molecule has 3 N–H and O–H groups in total. The summed E-state index contributed by atoms with van der Waals surface area (Å²) in [6.07, 6.45) is 3.63. The zero-order valence-electron chi connectivity index (χ0n) is 14.8. The standard InChI is InChI=1S/C21H21N3O3/c25-18(12-21(20(26)27)9-4-10-21)24-19(14-5-2-1-3-6-14)15-7-8-16-17(11-15)23-13-22-16/h1-3,5-8,11,13,19H,4,9-10,12H2,(H,22,23)(H,24,25)(H,26,27). The molecule has 2 aromatic carbocycles. The third kappa shape index (κ3) is 3.30. The van der Waals surface area contributed by atoms with Gasteiger partial charge in [-0.2, -0.15) is 0 Å². The number of imidazole rings is 1. The second-order valence-corrected chi connectivity index (χ2v) is 7.21. The van der Waals surface area contributed by atoms with Crippen LogP contribution in [0.1, 0.15) is 42.9 Å². The van der Waals surface area contributed by atoms with Crippen molar-refractivity contribution < 1.29 is 14.7 Å². The summed E-state index contributed by atoms with van der Waals surface area (Å²) in [7, 11) is 0. The predicted octanol–water partition coefficient (Wildman–Crippen LogP) is 3.41. The summed E-state index contributed by atoms with van der Waals surface area (Å²) in [4.78, 5) is 31.6. The molecule has 1 saturated carbocycles. The molecule has 1 atom stereocenters. The first-order chi connectivity index (χ1) is 13.1. The fourth-order valence-electron chi connectivity index (χ4n) is 3.73. The summed E-state index contributed by atoms with van der Waals surface area (Å²) in [5, 5.41) is 12.6. The van der Waals surface area contributed by atoms with Crippen molar-refractivity contribution in [2.45, 2.75) is 31.7 Å². The summed E-state index contributed by atoms with van der Waals surface area (Å²) >= 11 is 0. The van der Waals surface area contributed by atoms with Crippen LogP contribution in [0.4, 0.5) is 0 Å². The lowest BCUT2D eigenvalue weighted by molar-refractivity contribution is -0.157. The third-order valence-corrected chi connectivity index (χ3v) is 5.48. The van der Waals surface area contributed by atoms with Crippen molar-refractivity contribution in [3.63, 3.8) is 0 Å². The highest BCUT2D eigenvalue weighted by Gasteiger charge is 2.46. The average molecular weight is 363 g/mol. The van der Waals surface area contributed by atoms with Crippen molar-refractivity contribution in [2.75, 3.05) is 0 Å². The minimum absolute atomic E-state index is 0.0119. The van der Waals surface area contributed by atoms with Crippen LogP contribution in [0.2, 0.25) is 0 Å². The molecule has 6 nitrogen and oxygen atoms in total. The summed E-state index contributed by atoms with van der Waals surface area (Å²) in [6, 6.07) is 15.2. The Morgan fingerprint density at radius 2 is 1.93 bits per heavy atom. The highest BCUT2D eigenvalue weighted by Crippen LogP contribution is 2.44. The van der Waals surface area contributed by atoms with Gasteiger partial charge in [0.25, 0.3) is 0 Å². The average Bonchev–Trinajstić information content (AvgIpc) is 3.11. The van der Waals surface area contributed by atoms with Gasteiger partial charge in [0, 0.05) is 6.42 Å². The lowest BCUT2D eigenvalue weighted by Gasteiger charge is -2.37. The Morgan fingerprint density at radius 3 is 2.59 bits per heavy atom. The topological polar surface area (TPSA) is 95.1 Å². The molecule has 3 aromatic rings. The Kier molecular flexibility index (Phi) is 4.39. The second kappa shape index (κ2) is 6.87. The number of nitrogens with one attached hydrogen (secondary N) is 2. The molecule has 0 bridgehead atoms. The molecule has 0 saturated heterocycles. The number of aliphatic carboxylic acids is 1. The van der Waals surface area contributed by atoms with Crippen molar-refractivity contribution >= 4 is 22.9 Å². The highest BCUT2D eigenvalue weighted by atomic mass is 16.4. The Labute approximate surface area is 156 Å². The van der Waals surface area contributed by atoms with Crippen molar-refractivity contribution in [3.05, 3.63) is 66.0 Å². The molecule has 1 heterocycles. The Morgan fingerprint density at radius 1 is 1.15 bits per heavy atom. The summed E-state index contributed by atoms with van der Waals surface area (Å²) in [6.45, 7) is 0. The summed E-state index contributed by atoms with van der Waals surface area (Å²) in [5.74, 6) is -1.12. The minimum Gasteiger partial charge on any atom is -0.481 e. The lowest BCUT2D eigenvalue weighted by Crippen LogP contribution is -2.43. The molecule has 6 heteroatoms. The van der Waals surface area contributed by atoms with E-state index in [1.807, 2.05) is 48.5 Å². The van der Waals surface area contributed by atoms with Gasteiger partial charge in [-0.1, -0.05) is 42.8 Å². The predicted molar refractivity (Wildman–Crippen MR) is 101 cm³/mol. The van der Waals surface area contributed by atoms with Gasteiger partial charge in [-0.3, -0.25) is 9.59 Å². The van der Waals surface area contributed by atoms with Crippen molar-refractivity contribution in [1.82, 2.24) is 15.3 Å². The van der Waals surface area contributed by atoms with Gasteiger partial charge in [-0.25, -0.2) is 4.98 Å². The maximum Gasteiger partial charge on any atom is 0.310 e. The second-order valence-electron chi connectivity index (χ2n) is 7.21. The number of carboxylic acid groups (broad SMARTS) is 1. The molecule has 1 aliphatic rings. The van der Waals surface area contributed by atoms with Crippen LogP contribution in [0.25, 0.3) is 11.0 Å². The maximum atomic E-state index is 12.7. The fraction of sp³-hybridized carbons (Fsp3) is 0.286. The molecular formula is C21H21N3O3. The Hall–Kier alpha value is -3.15. The molecule has 1 aromatic heterocycles. The molecule has 1 amide bonds. The number of nitrogens with zero attached hydrogens (tertiary/aromatic N) is 1. The molecule has 27 heavy (non-hydrogen) atoms. The number of amides is 1. The summed E-state index contributed by atoms with van der Waals surface area (Å²) in [5.41, 5.74) is 2.71. The van der Waals surface area contributed by atoms with Crippen molar-refractivity contribution in [1.29, 1.82) is 0 Å². The number of rotatable bonds is 6. The third-order valence-electron chi connectivity index (χ3n) is 5.48. The number of hydrogen-bond acceptors (Lipinski definition) is 3. The number of fused-ring (bicyclic) bond motifs is 1. The fourth-order valence-corrected chi connectivity index (χ4v) is 3.73.